The van der Waals surface area contributed by atoms with Gasteiger partial charge in [0.2, 0.25) is 0 Å². The lowest BCUT2D eigenvalue weighted by molar-refractivity contribution is 0.297. The number of rotatable bonds is 4. The van der Waals surface area contributed by atoms with Crippen LogP contribution >= 0.6 is 0 Å². The van der Waals surface area contributed by atoms with Crippen LogP contribution in [0, 0.1) is 6.92 Å². The number of aromatic nitrogens is 4. The van der Waals surface area contributed by atoms with E-state index in [-0.39, 0.29) is 0 Å². The van der Waals surface area contributed by atoms with E-state index in [2.05, 4.69) is 21.6 Å². The molecule has 2 aromatic heterocycles. The molecular formula is C13H16N4O. The van der Waals surface area contributed by atoms with Gasteiger partial charge in [-0.05, 0) is 19.9 Å². The smallest absolute Gasteiger partial charge is 0.163 e. The molecule has 0 saturated heterocycles. The molecular weight excluding hydrogens is 228 g/mol. The summed E-state index contributed by atoms with van der Waals surface area (Å²) in [7, 11) is 1.88. The van der Waals surface area contributed by atoms with E-state index in [1.54, 1.807) is 23.1 Å². The molecule has 0 aliphatic heterocycles. The Balaban J connectivity index is 2.55. The fourth-order valence-corrected chi connectivity index (χ4v) is 1.74. The number of hydrogen-bond donors (Lipinski definition) is 0. The van der Waals surface area contributed by atoms with Crippen molar-refractivity contribution in [3.8, 4) is 11.4 Å². The minimum absolute atomic E-state index is 0.545. The maximum atomic E-state index is 5.43. The highest BCUT2D eigenvalue weighted by atomic mass is 16.5. The summed E-state index contributed by atoms with van der Waals surface area (Å²) in [5.41, 5.74) is 2.55. The van der Waals surface area contributed by atoms with Crippen molar-refractivity contribution in [2.24, 2.45) is 7.05 Å². The van der Waals surface area contributed by atoms with Crippen molar-refractivity contribution in [3.63, 3.8) is 0 Å². The Morgan fingerprint density at radius 1 is 1.39 bits per heavy atom. The second-order valence-electron chi connectivity index (χ2n) is 3.86. The Hall–Kier alpha value is -2.17. The average molecular weight is 244 g/mol. The molecule has 0 aliphatic rings. The van der Waals surface area contributed by atoms with Crippen LogP contribution < -0.4 is 0 Å². The van der Waals surface area contributed by atoms with Crippen LogP contribution in [-0.2, 0) is 11.8 Å². The Labute approximate surface area is 106 Å². The molecule has 5 nitrogen and oxygen atoms in total. The summed E-state index contributed by atoms with van der Waals surface area (Å²) in [6.07, 6.45) is 3.42. The first-order valence-corrected chi connectivity index (χ1v) is 5.78. The first kappa shape index (κ1) is 12.3. The number of aryl methyl sites for hydroxylation is 1. The maximum absolute atomic E-state index is 5.43. The van der Waals surface area contributed by atoms with Crippen molar-refractivity contribution in [2.45, 2.75) is 13.8 Å². The number of hydrogen-bond acceptors (Lipinski definition) is 4. The predicted octanol–water partition coefficient (Wildman–Crippen LogP) is 2.19. The van der Waals surface area contributed by atoms with Crippen LogP contribution in [0.3, 0.4) is 0 Å². The van der Waals surface area contributed by atoms with E-state index in [4.69, 9.17) is 4.74 Å². The van der Waals surface area contributed by atoms with Crippen LogP contribution in [-0.4, -0.2) is 26.4 Å². The third kappa shape index (κ3) is 2.11. The third-order valence-electron chi connectivity index (χ3n) is 2.71. The molecule has 0 bridgehead atoms. The normalized spacial score (nSPS) is 10.4. The van der Waals surface area contributed by atoms with Crippen molar-refractivity contribution in [1.29, 1.82) is 0 Å². The van der Waals surface area contributed by atoms with Crippen molar-refractivity contribution in [2.75, 3.05) is 6.61 Å². The van der Waals surface area contributed by atoms with Crippen molar-refractivity contribution >= 4 is 5.76 Å². The van der Waals surface area contributed by atoms with E-state index in [1.165, 1.54) is 0 Å². The summed E-state index contributed by atoms with van der Waals surface area (Å²) in [5, 5.41) is 4.42. The van der Waals surface area contributed by atoms with E-state index >= 15 is 0 Å². The van der Waals surface area contributed by atoms with Gasteiger partial charge in [0, 0.05) is 25.1 Å². The van der Waals surface area contributed by atoms with Gasteiger partial charge in [-0.2, -0.15) is 5.10 Å². The van der Waals surface area contributed by atoms with Crippen molar-refractivity contribution < 1.29 is 4.74 Å². The van der Waals surface area contributed by atoms with Crippen LogP contribution in [0.15, 0.2) is 25.0 Å². The second-order valence-corrected chi connectivity index (χ2v) is 3.86. The van der Waals surface area contributed by atoms with Crippen molar-refractivity contribution in [1.82, 2.24) is 19.7 Å². The van der Waals surface area contributed by atoms with Crippen LogP contribution in [0.5, 0.6) is 0 Å². The topological polar surface area (TPSA) is 52.8 Å². The van der Waals surface area contributed by atoms with Gasteiger partial charge in [-0.25, -0.2) is 9.97 Å². The predicted molar refractivity (Wildman–Crippen MR) is 69.6 cm³/mol. The molecule has 0 spiro atoms. The van der Waals surface area contributed by atoms with Gasteiger partial charge in [-0.15, -0.1) is 0 Å². The lowest BCUT2D eigenvalue weighted by atomic mass is 10.1. The summed E-state index contributed by atoms with van der Waals surface area (Å²) in [6, 6.07) is 1.78. The molecule has 0 fully saturated rings. The SMILES string of the molecule is C=C(OCC)c1nn(C)c(C)c1-c1ncccn1. The van der Waals surface area contributed by atoms with Gasteiger partial charge in [0.1, 0.15) is 11.5 Å². The molecule has 18 heavy (non-hydrogen) atoms. The fraction of sp³-hybridized carbons (Fsp3) is 0.308. The maximum Gasteiger partial charge on any atom is 0.163 e. The monoisotopic (exact) mass is 244 g/mol. The van der Waals surface area contributed by atoms with Gasteiger partial charge in [-0.1, -0.05) is 6.58 Å². The van der Waals surface area contributed by atoms with E-state index in [0.717, 1.165) is 11.3 Å². The number of nitrogens with zero attached hydrogens (tertiary/aromatic N) is 4. The Bertz CT molecular complexity index is 560. The molecule has 0 amide bonds. The molecule has 5 heteroatoms. The summed E-state index contributed by atoms with van der Waals surface area (Å²) in [6.45, 7) is 8.35. The molecule has 0 radical (unpaired) electrons. The van der Waals surface area contributed by atoms with Crippen LogP contribution in [0.2, 0.25) is 0 Å². The Kier molecular flexibility index (Phi) is 3.41. The molecule has 2 aromatic rings. The summed E-state index contributed by atoms with van der Waals surface area (Å²) >= 11 is 0. The molecule has 0 atom stereocenters. The minimum atomic E-state index is 0.545. The zero-order valence-electron chi connectivity index (χ0n) is 10.8. The average Bonchev–Trinajstić information content (AvgIpc) is 2.67. The largest absolute Gasteiger partial charge is 0.492 e. The summed E-state index contributed by atoms with van der Waals surface area (Å²) in [5.74, 6) is 1.18. The minimum Gasteiger partial charge on any atom is -0.492 e. The van der Waals surface area contributed by atoms with Crippen LogP contribution in [0.25, 0.3) is 17.1 Å². The summed E-state index contributed by atoms with van der Waals surface area (Å²) < 4.78 is 7.22. The lowest BCUT2D eigenvalue weighted by Gasteiger charge is -2.06. The van der Waals surface area contributed by atoms with Gasteiger partial charge in [0.05, 0.1) is 12.2 Å². The zero-order chi connectivity index (χ0) is 13.1. The number of ether oxygens (including phenoxy) is 1. The van der Waals surface area contributed by atoms with Gasteiger partial charge in [0.15, 0.2) is 5.82 Å². The van der Waals surface area contributed by atoms with Gasteiger partial charge < -0.3 is 4.74 Å². The molecule has 0 saturated carbocycles. The third-order valence-corrected chi connectivity index (χ3v) is 2.71. The first-order valence-electron chi connectivity index (χ1n) is 5.78. The van der Waals surface area contributed by atoms with Crippen molar-refractivity contribution in [3.05, 3.63) is 36.4 Å². The highest BCUT2D eigenvalue weighted by Gasteiger charge is 2.19. The van der Waals surface area contributed by atoms with Gasteiger partial charge >= 0.3 is 0 Å². The highest BCUT2D eigenvalue weighted by molar-refractivity contribution is 5.74. The molecule has 2 rings (SSSR count). The van der Waals surface area contributed by atoms with E-state index in [9.17, 15) is 0 Å². The molecule has 0 aliphatic carbocycles. The van der Waals surface area contributed by atoms with Crippen LogP contribution in [0.1, 0.15) is 18.3 Å². The molecule has 0 aromatic carbocycles. The first-order chi connectivity index (χ1) is 8.65. The standard InChI is InChI=1S/C13H16N4O/c1-5-18-10(3)12-11(9(2)17(4)16-12)13-14-7-6-8-15-13/h6-8H,3,5H2,1-2,4H3. The Morgan fingerprint density at radius 3 is 2.67 bits per heavy atom. The second kappa shape index (κ2) is 5.00. The summed E-state index contributed by atoms with van der Waals surface area (Å²) in [4.78, 5) is 8.53. The van der Waals surface area contributed by atoms with E-state index in [1.807, 2.05) is 20.9 Å². The lowest BCUT2D eigenvalue weighted by Crippen LogP contribution is -1.95. The molecule has 0 unspecified atom stereocenters. The van der Waals surface area contributed by atoms with Gasteiger partial charge in [-0.3, -0.25) is 4.68 Å². The van der Waals surface area contributed by atoms with E-state index in [0.29, 0.717) is 23.9 Å². The quantitative estimate of drug-likeness (QED) is 0.774. The zero-order valence-corrected chi connectivity index (χ0v) is 10.8. The Morgan fingerprint density at radius 2 is 2.06 bits per heavy atom. The van der Waals surface area contributed by atoms with Gasteiger partial charge in [0.25, 0.3) is 0 Å². The molecule has 2 heterocycles. The molecule has 94 valence electrons. The van der Waals surface area contributed by atoms with E-state index < -0.39 is 0 Å². The van der Waals surface area contributed by atoms with Crippen LogP contribution in [0.4, 0.5) is 0 Å². The molecule has 0 N–H and O–H groups in total. The highest BCUT2D eigenvalue weighted by Crippen LogP contribution is 2.28. The fourth-order valence-electron chi connectivity index (χ4n) is 1.74.